The summed E-state index contributed by atoms with van der Waals surface area (Å²) >= 11 is 0. The number of hydrogen-bond acceptors (Lipinski definition) is 4. The molecule has 15 heavy (non-hydrogen) atoms. The molecule has 0 saturated carbocycles. The molecule has 5 heteroatoms. The van der Waals surface area contributed by atoms with Gasteiger partial charge in [0.25, 0.3) is 0 Å². The van der Waals surface area contributed by atoms with Crippen LogP contribution < -0.4 is 0 Å². The highest BCUT2D eigenvalue weighted by atomic mass is 16.3. The van der Waals surface area contributed by atoms with Gasteiger partial charge in [0.1, 0.15) is 5.69 Å². The molecule has 0 aliphatic carbocycles. The highest BCUT2D eigenvalue weighted by Gasteiger charge is 2.23. The molecular formula is C10H18N4O. The third kappa shape index (κ3) is 2.35. The Hall–Kier alpha value is -0.940. The molecule has 2 heterocycles. The first-order valence-electron chi connectivity index (χ1n) is 5.57. The van der Waals surface area contributed by atoms with Gasteiger partial charge < -0.3 is 10.0 Å². The molecule has 1 aliphatic rings. The zero-order valence-electron chi connectivity index (χ0n) is 9.13. The second-order valence-corrected chi connectivity index (χ2v) is 4.09. The zero-order chi connectivity index (χ0) is 10.7. The maximum Gasteiger partial charge on any atom is 0.108 e. The van der Waals surface area contributed by atoms with Crippen LogP contribution in [-0.4, -0.2) is 44.6 Å². The minimum absolute atomic E-state index is 0.0224. The summed E-state index contributed by atoms with van der Waals surface area (Å²) in [6, 6.07) is 0.435. The standard InChI is InChI=1S/C10H18N4O/c1-2-4-13-5-3-10(7-13)14-6-9(8-15)11-12-14/h6,10,15H,2-5,7-8H2,1H3/t10-/m1/s1. The van der Waals surface area contributed by atoms with Gasteiger partial charge in [0.2, 0.25) is 0 Å². The third-order valence-electron chi connectivity index (χ3n) is 2.88. The van der Waals surface area contributed by atoms with E-state index in [1.165, 1.54) is 6.42 Å². The van der Waals surface area contributed by atoms with Crippen molar-refractivity contribution in [1.82, 2.24) is 19.9 Å². The second-order valence-electron chi connectivity index (χ2n) is 4.09. The lowest BCUT2D eigenvalue weighted by molar-refractivity contribution is 0.276. The molecule has 5 nitrogen and oxygen atoms in total. The summed E-state index contributed by atoms with van der Waals surface area (Å²) in [5, 5.41) is 16.8. The number of rotatable bonds is 4. The number of likely N-dealkylation sites (tertiary alicyclic amines) is 1. The van der Waals surface area contributed by atoms with Gasteiger partial charge in [-0.2, -0.15) is 0 Å². The van der Waals surface area contributed by atoms with Gasteiger partial charge in [-0.05, 0) is 19.4 Å². The van der Waals surface area contributed by atoms with Gasteiger partial charge in [0.15, 0.2) is 0 Å². The Morgan fingerprint density at radius 3 is 3.13 bits per heavy atom. The molecule has 84 valence electrons. The molecule has 1 saturated heterocycles. The van der Waals surface area contributed by atoms with Crippen molar-refractivity contribution in [3.05, 3.63) is 11.9 Å². The van der Waals surface area contributed by atoms with Gasteiger partial charge >= 0.3 is 0 Å². The Labute approximate surface area is 89.7 Å². The fourth-order valence-corrected chi connectivity index (χ4v) is 2.11. The molecule has 0 aromatic carbocycles. The van der Waals surface area contributed by atoms with Crippen LogP contribution in [0.15, 0.2) is 6.20 Å². The predicted molar refractivity (Wildman–Crippen MR) is 56.3 cm³/mol. The SMILES string of the molecule is CCCN1CC[C@@H](n2cc(CO)nn2)C1. The van der Waals surface area contributed by atoms with Crippen molar-refractivity contribution < 1.29 is 5.11 Å². The minimum atomic E-state index is -0.0224. The van der Waals surface area contributed by atoms with E-state index in [-0.39, 0.29) is 6.61 Å². The first kappa shape index (κ1) is 10.6. The van der Waals surface area contributed by atoms with E-state index >= 15 is 0 Å². The zero-order valence-corrected chi connectivity index (χ0v) is 9.13. The summed E-state index contributed by atoms with van der Waals surface area (Å²) in [5.74, 6) is 0. The fraction of sp³-hybridized carbons (Fsp3) is 0.800. The van der Waals surface area contributed by atoms with Crippen LogP contribution in [0.3, 0.4) is 0 Å². The molecule has 1 atom stereocenters. The molecule has 0 radical (unpaired) electrons. The van der Waals surface area contributed by atoms with Crippen molar-refractivity contribution in [2.75, 3.05) is 19.6 Å². The highest BCUT2D eigenvalue weighted by Crippen LogP contribution is 2.20. The van der Waals surface area contributed by atoms with E-state index in [4.69, 9.17) is 5.11 Å². The maximum absolute atomic E-state index is 8.90. The average molecular weight is 210 g/mol. The lowest BCUT2D eigenvalue weighted by Crippen LogP contribution is -2.22. The van der Waals surface area contributed by atoms with Crippen LogP contribution in [0.1, 0.15) is 31.5 Å². The number of aliphatic hydroxyl groups excluding tert-OH is 1. The Balaban J connectivity index is 1.95. The normalized spacial score (nSPS) is 22.4. The van der Waals surface area contributed by atoms with E-state index in [0.29, 0.717) is 11.7 Å². The lowest BCUT2D eigenvalue weighted by Gasteiger charge is -2.14. The Bertz CT molecular complexity index is 312. The molecule has 0 unspecified atom stereocenters. The minimum Gasteiger partial charge on any atom is -0.390 e. The van der Waals surface area contributed by atoms with Gasteiger partial charge in [-0.1, -0.05) is 12.1 Å². The molecule has 2 rings (SSSR count). The fourth-order valence-electron chi connectivity index (χ4n) is 2.11. The number of hydrogen-bond donors (Lipinski definition) is 1. The van der Waals surface area contributed by atoms with Crippen LogP contribution in [0.2, 0.25) is 0 Å². The van der Waals surface area contributed by atoms with Crippen LogP contribution >= 0.6 is 0 Å². The summed E-state index contributed by atoms with van der Waals surface area (Å²) in [4.78, 5) is 2.45. The van der Waals surface area contributed by atoms with Crippen molar-refractivity contribution >= 4 is 0 Å². The Morgan fingerprint density at radius 1 is 1.60 bits per heavy atom. The molecular weight excluding hydrogens is 192 g/mol. The molecule has 0 spiro atoms. The van der Waals surface area contributed by atoms with E-state index in [1.54, 1.807) is 0 Å². The van der Waals surface area contributed by atoms with Gasteiger partial charge in [0.05, 0.1) is 18.8 Å². The van der Waals surface area contributed by atoms with Crippen LogP contribution in [0, 0.1) is 0 Å². The molecule has 0 amide bonds. The van der Waals surface area contributed by atoms with Gasteiger partial charge in [-0.15, -0.1) is 5.10 Å². The van der Waals surface area contributed by atoms with Crippen LogP contribution in [0.5, 0.6) is 0 Å². The van der Waals surface area contributed by atoms with Gasteiger partial charge in [-0.25, -0.2) is 4.68 Å². The maximum atomic E-state index is 8.90. The average Bonchev–Trinajstić information content (AvgIpc) is 2.85. The van der Waals surface area contributed by atoms with E-state index in [1.807, 2.05) is 10.9 Å². The van der Waals surface area contributed by atoms with E-state index in [0.717, 1.165) is 26.1 Å². The summed E-state index contributed by atoms with van der Waals surface area (Å²) in [5.41, 5.74) is 0.656. The third-order valence-corrected chi connectivity index (χ3v) is 2.88. The predicted octanol–water partition coefficient (Wildman–Crippen LogP) is 0.427. The summed E-state index contributed by atoms with van der Waals surface area (Å²) in [7, 11) is 0. The van der Waals surface area contributed by atoms with Crippen molar-refractivity contribution in [3.8, 4) is 0 Å². The Morgan fingerprint density at radius 2 is 2.47 bits per heavy atom. The topological polar surface area (TPSA) is 54.2 Å². The second kappa shape index (κ2) is 4.72. The summed E-state index contributed by atoms with van der Waals surface area (Å²) in [6.45, 7) is 5.55. The van der Waals surface area contributed by atoms with Crippen molar-refractivity contribution in [2.45, 2.75) is 32.4 Å². The van der Waals surface area contributed by atoms with Crippen molar-refractivity contribution in [1.29, 1.82) is 0 Å². The van der Waals surface area contributed by atoms with Crippen LogP contribution in [0.4, 0.5) is 0 Å². The van der Waals surface area contributed by atoms with Gasteiger partial charge in [-0.3, -0.25) is 0 Å². The molecule has 1 aromatic rings. The smallest absolute Gasteiger partial charge is 0.108 e. The van der Waals surface area contributed by atoms with Crippen LogP contribution in [0.25, 0.3) is 0 Å². The van der Waals surface area contributed by atoms with Crippen molar-refractivity contribution in [2.24, 2.45) is 0 Å². The molecule has 1 aliphatic heterocycles. The molecule has 1 aromatic heterocycles. The van der Waals surface area contributed by atoms with Crippen LogP contribution in [-0.2, 0) is 6.61 Å². The lowest BCUT2D eigenvalue weighted by atomic mass is 10.3. The number of aliphatic hydroxyl groups is 1. The summed E-state index contributed by atoms with van der Waals surface area (Å²) in [6.07, 6.45) is 4.18. The monoisotopic (exact) mass is 210 g/mol. The van der Waals surface area contributed by atoms with E-state index in [9.17, 15) is 0 Å². The first-order valence-corrected chi connectivity index (χ1v) is 5.57. The van der Waals surface area contributed by atoms with Gasteiger partial charge in [0, 0.05) is 13.1 Å². The number of aromatic nitrogens is 3. The first-order chi connectivity index (χ1) is 7.33. The number of nitrogens with zero attached hydrogens (tertiary/aromatic N) is 4. The quantitative estimate of drug-likeness (QED) is 0.783. The van der Waals surface area contributed by atoms with Crippen molar-refractivity contribution in [3.63, 3.8) is 0 Å². The highest BCUT2D eigenvalue weighted by molar-refractivity contribution is 4.92. The Kier molecular flexibility index (Phi) is 3.33. The largest absolute Gasteiger partial charge is 0.390 e. The van der Waals surface area contributed by atoms with E-state index < -0.39 is 0 Å². The van der Waals surface area contributed by atoms with E-state index in [2.05, 4.69) is 22.1 Å². The molecule has 1 N–H and O–H groups in total. The molecule has 1 fully saturated rings. The molecule has 0 bridgehead atoms. The summed E-state index contributed by atoms with van der Waals surface area (Å²) < 4.78 is 1.89.